The molecule has 0 saturated carbocycles. The third kappa shape index (κ3) is 2.93. The standard InChI is InChI=1S/C15H12F2NO2S/c1-10-3-6-12(7-4-10)21(19,20)15(18-2)13-8-5-11(16)9-14(13)17/h2-9,15H,1H3/q+1. The van der Waals surface area contributed by atoms with Crippen LogP contribution in [0.1, 0.15) is 16.5 Å². The molecule has 21 heavy (non-hydrogen) atoms. The van der Waals surface area contributed by atoms with Gasteiger partial charge in [-0.2, -0.15) is 0 Å². The van der Waals surface area contributed by atoms with Gasteiger partial charge >= 0.3 is 5.37 Å². The average molecular weight is 308 g/mol. The third-order valence-electron chi connectivity index (χ3n) is 3.01. The Morgan fingerprint density at radius 2 is 1.71 bits per heavy atom. The first kappa shape index (κ1) is 15.1. The van der Waals surface area contributed by atoms with Gasteiger partial charge in [0, 0.05) is 6.07 Å². The van der Waals surface area contributed by atoms with Crippen molar-refractivity contribution in [3.8, 4) is 6.57 Å². The van der Waals surface area contributed by atoms with Gasteiger partial charge in [0.2, 0.25) is 0 Å². The van der Waals surface area contributed by atoms with E-state index in [0.29, 0.717) is 6.07 Å². The lowest BCUT2D eigenvalue weighted by Gasteiger charge is -2.06. The minimum Gasteiger partial charge on any atom is -0.215 e. The summed E-state index contributed by atoms with van der Waals surface area (Å²) in [6.45, 7) is 6.96. The molecule has 0 aliphatic carbocycles. The van der Waals surface area contributed by atoms with Crippen LogP contribution >= 0.6 is 0 Å². The van der Waals surface area contributed by atoms with Gasteiger partial charge in [0.25, 0.3) is 16.4 Å². The number of hydrogen-bond donors (Lipinski definition) is 0. The summed E-state index contributed by atoms with van der Waals surface area (Å²) in [7, 11) is -4.01. The number of nitrogens with zero attached hydrogens (tertiary/aromatic N) is 1. The molecule has 0 radical (unpaired) electrons. The quantitative estimate of drug-likeness (QED) is 0.867. The fraction of sp³-hybridized carbons (Fsp3) is 0.133. The number of sulfone groups is 1. The van der Waals surface area contributed by atoms with Crippen molar-refractivity contribution in [3.05, 3.63) is 70.1 Å². The predicted molar refractivity (Wildman–Crippen MR) is 75.8 cm³/mol. The highest BCUT2D eigenvalue weighted by Gasteiger charge is 2.39. The summed E-state index contributed by atoms with van der Waals surface area (Å²) < 4.78 is 51.7. The van der Waals surface area contributed by atoms with Crippen molar-refractivity contribution in [1.29, 1.82) is 0 Å². The minimum absolute atomic E-state index is 0.0315. The lowest BCUT2D eigenvalue weighted by Crippen LogP contribution is -2.12. The Kier molecular flexibility index (Phi) is 4.05. The normalized spacial score (nSPS) is 12.7. The van der Waals surface area contributed by atoms with E-state index < -0.39 is 26.8 Å². The largest absolute Gasteiger partial charge is 0.400 e. The third-order valence-corrected chi connectivity index (χ3v) is 4.90. The number of aryl methyl sites for hydroxylation is 1. The summed E-state index contributed by atoms with van der Waals surface area (Å²) >= 11 is 0. The Morgan fingerprint density at radius 1 is 1.10 bits per heavy atom. The van der Waals surface area contributed by atoms with E-state index in [9.17, 15) is 17.2 Å². The lowest BCUT2D eigenvalue weighted by atomic mass is 10.2. The smallest absolute Gasteiger partial charge is 0.215 e. The van der Waals surface area contributed by atoms with E-state index in [4.69, 9.17) is 6.57 Å². The van der Waals surface area contributed by atoms with Gasteiger partial charge in [0.15, 0.2) is 0 Å². The Morgan fingerprint density at radius 3 is 2.24 bits per heavy atom. The van der Waals surface area contributed by atoms with E-state index in [1.54, 1.807) is 19.1 Å². The summed E-state index contributed by atoms with van der Waals surface area (Å²) in [5.41, 5.74) is 0.586. The second-order valence-electron chi connectivity index (χ2n) is 4.53. The van der Waals surface area contributed by atoms with Crippen LogP contribution in [0.15, 0.2) is 47.4 Å². The number of halogens is 2. The highest BCUT2D eigenvalue weighted by atomic mass is 32.2. The van der Waals surface area contributed by atoms with Gasteiger partial charge in [-0.05, 0) is 31.2 Å². The van der Waals surface area contributed by atoms with Gasteiger partial charge in [0.05, 0.1) is 10.5 Å². The summed E-state index contributed by atoms with van der Waals surface area (Å²) in [6, 6.07) is 8.59. The molecular weight excluding hydrogens is 296 g/mol. The maximum absolute atomic E-state index is 13.8. The molecule has 0 amide bonds. The monoisotopic (exact) mass is 308 g/mol. The summed E-state index contributed by atoms with van der Waals surface area (Å²) in [6.07, 6.45) is 0. The lowest BCUT2D eigenvalue weighted by molar-refractivity contribution is 0.564. The van der Waals surface area contributed by atoms with Crippen LogP contribution in [0, 0.1) is 25.1 Å². The van der Waals surface area contributed by atoms with Gasteiger partial charge in [-0.25, -0.2) is 17.2 Å². The predicted octanol–water partition coefficient (Wildman–Crippen LogP) is 3.71. The van der Waals surface area contributed by atoms with Gasteiger partial charge in [0.1, 0.15) is 11.6 Å². The highest BCUT2D eigenvalue weighted by molar-refractivity contribution is 7.91. The second-order valence-corrected chi connectivity index (χ2v) is 6.53. The van der Waals surface area contributed by atoms with Crippen LogP contribution in [-0.4, -0.2) is 8.42 Å². The van der Waals surface area contributed by atoms with Crippen molar-refractivity contribution < 1.29 is 17.2 Å². The fourth-order valence-electron chi connectivity index (χ4n) is 1.89. The van der Waals surface area contributed by atoms with Crippen LogP contribution in [-0.2, 0) is 9.84 Å². The molecular formula is C15H12F2NO2S+. The molecule has 1 unspecified atom stereocenters. The first-order chi connectivity index (χ1) is 9.86. The highest BCUT2D eigenvalue weighted by Crippen LogP contribution is 2.32. The van der Waals surface area contributed by atoms with E-state index in [1.807, 2.05) is 0 Å². The number of rotatable bonds is 3. The average Bonchev–Trinajstić information content (AvgIpc) is 2.42. The molecule has 0 aliphatic rings. The van der Waals surface area contributed by atoms with Crippen molar-refractivity contribution in [2.75, 3.05) is 0 Å². The molecule has 0 aliphatic heterocycles. The molecule has 2 aromatic rings. The maximum atomic E-state index is 13.8. The molecule has 6 heteroatoms. The van der Waals surface area contributed by atoms with E-state index >= 15 is 0 Å². The molecule has 108 valence electrons. The zero-order chi connectivity index (χ0) is 15.6. The topological polar surface area (TPSA) is 38.5 Å². The van der Waals surface area contributed by atoms with E-state index in [2.05, 4.69) is 4.85 Å². The fourth-order valence-corrected chi connectivity index (χ4v) is 3.35. The SMILES string of the molecule is C#[N+]C(c1ccc(F)cc1F)S(=O)(=O)c1ccc(C)cc1. The van der Waals surface area contributed by atoms with Crippen molar-refractivity contribution in [3.63, 3.8) is 0 Å². The Labute approximate surface area is 121 Å². The molecule has 0 fully saturated rings. The number of hydrogen-bond acceptors (Lipinski definition) is 2. The number of benzene rings is 2. The van der Waals surface area contributed by atoms with E-state index in [-0.39, 0.29) is 10.5 Å². The van der Waals surface area contributed by atoms with Gasteiger partial charge in [-0.1, -0.05) is 22.5 Å². The van der Waals surface area contributed by atoms with Crippen LogP contribution in [0.25, 0.3) is 4.85 Å². The zero-order valence-electron chi connectivity index (χ0n) is 11.1. The zero-order valence-corrected chi connectivity index (χ0v) is 11.9. The Balaban J connectivity index is 2.55. The Bertz CT molecular complexity index is 809. The summed E-state index contributed by atoms with van der Waals surface area (Å²) in [5.74, 6) is -1.82. The Hall–Kier alpha value is -2.26. The molecule has 0 bridgehead atoms. The molecule has 0 heterocycles. The molecule has 1 atom stereocenters. The first-order valence-corrected chi connectivity index (χ1v) is 7.56. The molecule has 2 aromatic carbocycles. The molecule has 0 saturated heterocycles. The van der Waals surface area contributed by atoms with Crippen molar-refractivity contribution in [2.45, 2.75) is 17.2 Å². The van der Waals surface area contributed by atoms with Gasteiger partial charge in [-0.3, -0.25) is 0 Å². The van der Waals surface area contributed by atoms with Crippen LogP contribution in [0.4, 0.5) is 8.78 Å². The summed E-state index contributed by atoms with van der Waals surface area (Å²) in [5, 5.41) is -1.62. The first-order valence-electron chi connectivity index (χ1n) is 6.02. The molecule has 0 N–H and O–H groups in total. The van der Waals surface area contributed by atoms with Crippen molar-refractivity contribution in [2.24, 2.45) is 0 Å². The van der Waals surface area contributed by atoms with Gasteiger partial charge in [-0.15, -0.1) is 0 Å². The molecule has 0 aromatic heterocycles. The van der Waals surface area contributed by atoms with E-state index in [1.165, 1.54) is 12.1 Å². The molecule has 0 spiro atoms. The van der Waals surface area contributed by atoms with Crippen LogP contribution < -0.4 is 0 Å². The molecule has 2 rings (SSSR count). The van der Waals surface area contributed by atoms with Crippen LogP contribution in [0.5, 0.6) is 0 Å². The minimum atomic E-state index is -4.01. The summed E-state index contributed by atoms with van der Waals surface area (Å²) in [4.78, 5) is 3.24. The van der Waals surface area contributed by atoms with E-state index in [0.717, 1.165) is 17.7 Å². The van der Waals surface area contributed by atoms with Crippen molar-refractivity contribution in [1.82, 2.24) is 0 Å². The maximum Gasteiger partial charge on any atom is 0.400 e. The van der Waals surface area contributed by atoms with Crippen molar-refractivity contribution >= 4 is 9.84 Å². The van der Waals surface area contributed by atoms with Crippen LogP contribution in [0.3, 0.4) is 0 Å². The van der Waals surface area contributed by atoms with Crippen LogP contribution in [0.2, 0.25) is 0 Å². The molecule has 3 nitrogen and oxygen atoms in total. The second kappa shape index (κ2) is 5.62. The van der Waals surface area contributed by atoms with Gasteiger partial charge < -0.3 is 0 Å².